The molecule has 6 nitrogen and oxygen atoms in total. The zero-order valence-corrected chi connectivity index (χ0v) is 14.9. The van der Waals surface area contributed by atoms with Gasteiger partial charge in [-0.25, -0.2) is 4.79 Å². The zero-order valence-electron chi connectivity index (χ0n) is 14.1. The molecule has 0 fully saturated rings. The minimum atomic E-state index is -2.89. The standard InChI is InChI=1S/C18H18ClF2N3O3/c19-14-4-2-1-3-13(14)15(24-18(22)26)9-16(25)23-10-11-5-7-12(8-6-11)27-17(20)21/h1-8,15,17H,9-10H2,(H,23,25)(H3,22,24,26)/t15-/m0/s1. The number of carbonyl (C=O) groups is 2. The maximum atomic E-state index is 12.2. The number of halogens is 3. The van der Waals surface area contributed by atoms with Crippen LogP contribution in [0, 0.1) is 0 Å². The summed E-state index contributed by atoms with van der Waals surface area (Å²) in [5, 5.41) is 5.59. The number of rotatable bonds is 8. The Bertz CT molecular complexity index is 788. The van der Waals surface area contributed by atoms with E-state index in [-0.39, 0.29) is 24.6 Å². The van der Waals surface area contributed by atoms with Gasteiger partial charge in [0.2, 0.25) is 5.91 Å². The number of urea groups is 1. The second-order valence-corrected chi connectivity index (χ2v) is 5.99. The Morgan fingerprint density at radius 2 is 1.78 bits per heavy atom. The van der Waals surface area contributed by atoms with Crippen molar-refractivity contribution in [2.45, 2.75) is 25.6 Å². The second-order valence-electron chi connectivity index (χ2n) is 5.59. The summed E-state index contributed by atoms with van der Waals surface area (Å²) in [5.74, 6) is -0.314. The second kappa shape index (κ2) is 9.72. The molecular weight excluding hydrogens is 380 g/mol. The van der Waals surface area contributed by atoms with Crippen LogP contribution in [0.5, 0.6) is 5.75 Å². The molecule has 0 bridgehead atoms. The third-order valence-electron chi connectivity index (χ3n) is 3.62. The maximum absolute atomic E-state index is 12.2. The Labute approximate surface area is 159 Å². The lowest BCUT2D eigenvalue weighted by Crippen LogP contribution is -2.36. The van der Waals surface area contributed by atoms with E-state index < -0.39 is 18.7 Å². The number of ether oxygens (including phenoxy) is 1. The summed E-state index contributed by atoms with van der Waals surface area (Å²) in [6.07, 6.45) is -0.0702. The van der Waals surface area contributed by atoms with Gasteiger partial charge in [-0.1, -0.05) is 41.9 Å². The molecule has 0 radical (unpaired) electrons. The molecule has 27 heavy (non-hydrogen) atoms. The van der Waals surface area contributed by atoms with E-state index in [0.717, 1.165) is 0 Å². The first-order chi connectivity index (χ1) is 12.8. The number of hydrogen-bond donors (Lipinski definition) is 3. The van der Waals surface area contributed by atoms with Gasteiger partial charge in [-0.05, 0) is 29.3 Å². The molecule has 2 aromatic carbocycles. The van der Waals surface area contributed by atoms with Crippen LogP contribution in [0.25, 0.3) is 0 Å². The van der Waals surface area contributed by atoms with Crippen molar-refractivity contribution in [3.8, 4) is 5.75 Å². The first-order valence-corrected chi connectivity index (χ1v) is 8.34. The number of alkyl halides is 2. The molecule has 0 spiro atoms. The van der Waals surface area contributed by atoms with Gasteiger partial charge in [-0.3, -0.25) is 4.79 Å². The first-order valence-electron chi connectivity index (χ1n) is 7.96. The summed E-state index contributed by atoms with van der Waals surface area (Å²) in [5.41, 5.74) is 6.45. The molecule has 0 saturated heterocycles. The topological polar surface area (TPSA) is 93.5 Å². The van der Waals surface area contributed by atoms with Gasteiger partial charge in [0, 0.05) is 11.6 Å². The fourth-order valence-electron chi connectivity index (χ4n) is 2.42. The van der Waals surface area contributed by atoms with Crippen LogP contribution in [-0.4, -0.2) is 18.5 Å². The molecule has 0 aliphatic rings. The van der Waals surface area contributed by atoms with Crippen LogP contribution >= 0.6 is 11.6 Å². The number of hydrogen-bond acceptors (Lipinski definition) is 3. The van der Waals surface area contributed by atoms with E-state index in [1.807, 2.05) is 0 Å². The molecule has 4 N–H and O–H groups in total. The Morgan fingerprint density at radius 1 is 1.11 bits per heavy atom. The van der Waals surface area contributed by atoms with Crippen molar-refractivity contribution in [1.82, 2.24) is 10.6 Å². The molecule has 144 valence electrons. The van der Waals surface area contributed by atoms with Gasteiger partial charge in [-0.2, -0.15) is 8.78 Å². The number of amides is 3. The van der Waals surface area contributed by atoms with Crippen LogP contribution in [-0.2, 0) is 11.3 Å². The molecular formula is C18H18ClF2N3O3. The average Bonchev–Trinajstić information content (AvgIpc) is 2.60. The largest absolute Gasteiger partial charge is 0.435 e. The summed E-state index contributed by atoms with van der Waals surface area (Å²) in [6.45, 7) is -2.71. The molecule has 2 rings (SSSR count). The lowest BCUT2D eigenvalue weighted by atomic mass is 10.0. The predicted octanol–water partition coefficient (Wildman–Crippen LogP) is 3.36. The minimum absolute atomic E-state index is 0.0320. The van der Waals surface area contributed by atoms with E-state index in [1.165, 1.54) is 12.1 Å². The maximum Gasteiger partial charge on any atom is 0.387 e. The summed E-state index contributed by atoms with van der Waals surface area (Å²) in [7, 11) is 0. The van der Waals surface area contributed by atoms with Crippen LogP contribution < -0.4 is 21.1 Å². The first kappa shape index (κ1) is 20.4. The lowest BCUT2D eigenvalue weighted by molar-refractivity contribution is -0.121. The fourth-order valence-corrected chi connectivity index (χ4v) is 2.68. The highest BCUT2D eigenvalue weighted by molar-refractivity contribution is 6.31. The summed E-state index contributed by atoms with van der Waals surface area (Å²) in [4.78, 5) is 23.5. The normalized spacial score (nSPS) is 11.7. The van der Waals surface area contributed by atoms with Gasteiger partial charge >= 0.3 is 12.6 Å². The molecule has 1 atom stereocenters. The lowest BCUT2D eigenvalue weighted by Gasteiger charge is -2.19. The molecule has 0 aliphatic heterocycles. The quantitative estimate of drug-likeness (QED) is 0.637. The third kappa shape index (κ3) is 6.74. The minimum Gasteiger partial charge on any atom is -0.435 e. The van der Waals surface area contributed by atoms with Gasteiger partial charge in [0.05, 0.1) is 12.5 Å². The average molecular weight is 398 g/mol. The smallest absolute Gasteiger partial charge is 0.387 e. The number of nitrogens with one attached hydrogen (secondary N) is 2. The molecule has 3 amide bonds. The van der Waals surface area contributed by atoms with Gasteiger partial charge < -0.3 is 21.1 Å². The SMILES string of the molecule is NC(=O)N[C@@H](CC(=O)NCc1ccc(OC(F)F)cc1)c1ccccc1Cl. The molecule has 0 heterocycles. The Balaban J connectivity index is 1.95. The van der Waals surface area contributed by atoms with Crippen molar-refractivity contribution in [1.29, 1.82) is 0 Å². The monoisotopic (exact) mass is 397 g/mol. The third-order valence-corrected chi connectivity index (χ3v) is 3.97. The van der Waals surface area contributed by atoms with Crippen molar-refractivity contribution in [3.05, 3.63) is 64.7 Å². The zero-order chi connectivity index (χ0) is 19.8. The van der Waals surface area contributed by atoms with E-state index in [4.69, 9.17) is 17.3 Å². The van der Waals surface area contributed by atoms with Gasteiger partial charge in [-0.15, -0.1) is 0 Å². The van der Waals surface area contributed by atoms with Crippen molar-refractivity contribution in [2.75, 3.05) is 0 Å². The molecule has 0 aliphatic carbocycles. The van der Waals surface area contributed by atoms with Crippen LogP contribution in [0.2, 0.25) is 5.02 Å². The summed E-state index contributed by atoms with van der Waals surface area (Å²) >= 11 is 6.12. The van der Waals surface area contributed by atoms with E-state index in [0.29, 0.717) is 16.1 Å². The van der Waals surface area contributed by atoms with Crippen molar-refractivity contribution >= 4 is 23.5 Å². The van der Waals surface area contributed by atoms with Crippen molar-refractivity contribution in [3.63, 3.8) is 0 Å². The van der Waals surface area contributed by atoms with Crippen LogP contribution in [0.1, 0.15) is 23.6 Å². The predicted molar refractivity (Wildman–Crippen MR) is 96.4 cm³/mol. The van der Waals surface area contributed by atoms with Gasteiger partial charge in [0.25, 0.3) is 0 Å². The van der Waals surface area contributed by atoms with E-state index in [1.54, 1.807) is 36.4 Å². The molecule has 0 saturated carbocycles. The van der Waals surface area contributed by atoms with Crippen LogP contribution in [0.4, 0.5) is 13.6 Å². The highest BCUT2D eigenvalue weighted by Gasteiger charge is 2.19. The Morgan fingerprint density at radius 3 is 2.37 bits per heavy atom. The van der Waals surface area contributed by atoms with Crippen molar-refractivity contribution < 1.29 is 23.1 Å². The number of benzene rings is 2. The Kier molecular flexibility index (Phi) is 7.36. The van der Waals surface area contributed by atoms with Crippen LogP contribution in [0.3, 0.4) is 0 Å². The van der Waals surface area contributed by atoms with Gasteiger partial charge in [0.15, 0.2) is 0 Å². The number of primary amides is 1. The van der Waals surface area contributed by atoms with E-state index >= 15 is 0 Å². The highest BCUT2D eigenvalue weighted by atomic mass is 35.5. The molecule has 0 unspecified atom stereocenters. The number of nitrogens with two attached hydrogens (primary N) is 1. The molecule has 9 heteroatoms. The molecule has 2 aromatic rings. The summed E-state index contributed by atoms with van der Waals surface area (Å²) in [6, 6.07) is 11.2. The Hall–Kier alpha value is -2.87. The van der Waals surface area contributed by atoms with E-state index in [2.05, 4.69) is 15.4 Å². The van der Waals surface area contributed by atoms with Crippen LogP contribution in [0.15, 0.2) is 48.5 Å². The van der Waals surface area contributed by atoms with E-state index in [9.17, 15) is 18.4 Å². The van der Waals surface area contributed by atoms with Gasteiger partial charge in [0.1, 0.15) is 5.75 Å². The van der Waals surface area contributed by atoms with Crippen molar-refractivity contribution in [2.24, 2.45) is 5.73 Å². The highest BCUT2D eigenvalue weighted by Crippen LogP contribution is 2.25. The molecule has 0 aromatic heterocycles. The number of carbonyl (C=O) groups excluding carboxylic acids is 2. The fraction of sp³-hybridized carbons (Fsp3) is 0.222. The summed E-state index contributed by atoms with van der Waals surface area (Å²) < 4.78 is 28.5.